The van der Waals surface area contributed by atoms with E-state index >= 15 is 0 Å². The van der Waals surface area contributed by atoms with Crippen LogP contribution < -0.4 is 11.1 Å². The first kappa shape index (κ1) is 13.4. The third-order valence-corrected chi connectivity index (χ3v) is 4.18. The highest BCUT2D eigenvalue weighted by Crippen LogP contribution is 2.30. The van der Waals surface area contributed by atoms with E-state index in [1.165, 1.54) is 11.8 Å². The van der Waals surface area contributed by atoms with Crippen molar-refractivity contribution in [1.29, 1.82) is 0 Å². The SMILES string of the molecule is NCCC1=CNCN1[C@H]1CCc2c(F)cc(F)cc2C1. The largest absolute Gasteiger partial charge is 0.372 e. The number of nitrogens with two attached hydrogens (primary N) is 1. The molecule has 0 bridgehead atoms. The molecule has 1 atom stereocenters. The summed E-state index contributed by atoms with van der Waals surface area (Å²) in [5.41, 5.74) is 8.30. The molecule has 0 spiro atoms. The van der Waals surface area contributed by atoms with E-state index in [0.717, 1.165) is 31.1 Å². The summed E-state index contributed by atoms with van der Waals surface area (Å²) in [6.07, 6.45) is 5.06. The fourth-order valence-corrected chi connectivity index (χ4v) is 3.23. The molecule has 3 N–H and O–H groups in total. The van der Waals surface area contributed by atoms with Crippen LogP contribution in [0.4, 0.5) is 8.78 Å². The molecule has 0 amide bonds. The van der Waals surface area contributed by atoms with Crippen LogP contribution in [0.5, 0.6) is 0 Å². The van der Waals surface area contributed by atoms with Crippen molar-refractivity contribution in [3.05, 3.63) is 46.8 Å². The molecule has 3 nitrogen and oxygen atoms in total. The normalized spacial score (nSPS) is 21.4. The molecule has 5 heteroatoms. The van der Waals surface area contributed by atoms with Crippen molar-refractivity contribution >= 4 is 0 Å². The van der Waals surface area contributed by atoms with E-state index < -0.39 is 11.6 Å². The van der Waals surface area contributed by atoms with Gasteiger partial charge in [-0.1, -0.05) is 0 Å². The number of hydrogen-bond acceptors (Lipinski definition) is 3. The zero-order valence-electron chi connectivity index (χ0n) is 11.3. The van der Waals surface area contributed by atoms with E-state index in [-0.39, 0.29) is 6.04 Å². The summed E-state index contributed by atoms with van der Waals surface area (Å²) < 4.78 is 27.1. The van der Waals surface area contributed by atoms with Crippen molar-refractivity contribution in [2.45, 2.75) is 31.7 Å². The van der Waals surface area contributed by atoms with Gasteiger partial charge in [-0.2, -0.15) is 0 Å². The first-order chi connectivity index (χ1) is 9.69. The Bertz CT molecular complexity index is 542. The summed E-state index contributed by atoms with van der Waals surface area (Å²) in [6.45, 7) is 1.36. The maximum atomic E-state index is 13.7. The van der Waals surface area contributed by atoms with Gasteiger partial charge in [0, 0.05) is 30.4 Å². The van der Waals surface area contributed by atoms with Crippen molar-refractivity contribution in [3.8, 4) is 0 Å². The number of hydrogen-bond donors (Lipinski definition) is 2. The Balaban J connectivity index is 1.80. The van der Waals surface area contributed by atoms with Gasteiger partial charge in [0.2, 0.25) is 0 Å². The minimum Gasteiger partial charge on any atom is -0.372 e. The molecule has 0 saturated heterocycles. The molecule has 1 aromatic carbocycles. The van der Waals surface area contributed by atoms with Gasteiger partial charge in [0.15, 0.2) is 0 Å². The summed E-state index contributed by atoms with van der Waals surface area (Å²) in [6, 6.07) is 2.74. The molecule has 1 heterocycles. The third kappa shape index (κ3) is 2.38. The van der Waals surface area contributed by atoms with Crippen molar-refractivity contribution in [2.24, 2.45) is 5.73 Å². The highest BCUT2D eigenvalue weighted by Gasteiger charge is 2.29. The molecule has 1 aliphatic carbocycles. The Labute approximate surface area is 117 Å². The van der Waals surface area contributed by atoms with Crippen LogP contribution in [0.2, 0.25) is 0 Å². The quantitative estimate of drug-likeness (QED) is 0.887. The number of fused-ring (bicyclic) bond motifs is 1. The van der Waals surface area contributed by atoms with E-state index in [4.69, 9.17) is 5.73 Å². The molecule has 2 aliphatic rings. The highest BCUT2D eigenvalue weighted by molar-refractivity contribution is 5.33. The van der Waals surface area contributed by atoms with Gasteiger partial charge in [0.05, 0.1) is 6.67 Å². The lowest BCUT2D eigenvalue weighted by molar-refractivity contribution is 0.235. The molecule has 20 heavy (non-hydrogen) atoms. The fourth-order valence-electron chi connectivity index (χ4n) is 3.23. The van der Waals surface area contributed by atoms with Gasteiger partial charge in [-0.3, -0.25) is 0 Å². The van der Waals surface area contributed by atoms with Gasteiger partial charge in [-0.25, -0.2) is 8.78 Å². The van der Waals surface area contributed by atoms with Crippen LogP contribution in [0.1, 0.15) is 24.0 Å². The second kappa shape index (κ2) is 5.40. The van der Waals surface area contributed by atoms with Gasteiger partial charge in [-0.05, 0) is 43.0 Å². The van der Waals surface area contributed by atoms with Crippen LogP contribution in [0, 0.1) is 11.6 Å². The topological polar surface area (TPSA) is 41.3 Å². The molecule has 0 radical (unpaired) electrons. The van der Waals surface area contributed by atoms with Crippen LogP contribution in [0.3, 0.4) is 0 Å². The molecule has 0 saturated carbocycles. The maximum Gasteiger partial charge on any atom is 0.129 e. The highest BCUT2D eigenvalue weighted by atomic mass is 19.1. The van der Waals surface area contributed by atoms with Crippen molar-refractivity contribution in [3.63, 3.8) is 0 Å². The zero-order valence-corrected chi connectivity index (χ0v) is 11.3. The van der Waals surface area contributed by atoms with Crippen molar-refractivity contribution in [1.82, 2.24) is 10.2 Å². The first-order valence-corrected chi connectivity index (χ1v) is 7.05. The molecule has 1 aliphatic heterocycles. The second-order valence-electron chi connectivity index (χ2n) is 5.43. The maximum absolute atomic E-state index is 13.7. The van der Waals surface area contributed by atoms with Crippen LogP contribution in [0.15, 0.2) is 24.0 Å². The van der Waals surface area contributed by atoms with E-state index in [2.05, 4.69) is 10.2 Å². The second-order valence-corrected chi connectivity index (χ2v) is 5.43. The summed E-state index contributed by atoms with van der Waals surface area (Å²) in [4.78, 5) is 2.28. The first-order valence-electron chi connectivity index (χ1n) is 7.05. The summed E-state index contributed by atoms with van der Waals surface area (Å²) >= 11 is 0. The van der Waals surface area contributed by atoms with Crippen molar-refractivity contribution in [2.75, 3.05) is 13.2 Å². The van der Waals surface area contributed by atoms with Gasteiger partial charge >= 0.3 is 0 Å². The number of halogens is 2. The molecule has 0 fully saturated rings. The Morgan fingerprint density at radius 2 is 2.20 bits per heavy atom. The Hall–Kier alpha value is -1.62. The van der Waals surface area contributed by atoms with E-state index in [1.807, 2.05) is 6.20 Å². The summed E-state index contributed by atoms with van der Waals surface area (Å²) in [5.74, 6) is -0.894. The predicted molar refractivity (Wildman–Crippen MR) is 73.8 cm³/mol. The van der Waals surface area contributed by atoms with Gasteiger partial charge in [0.1, 0.15) is 11.6 Å². The molecular formula is C15H19F2N3. The van der Waals surface area contributed by atoms with Gasteiger partial charge in [-0.15, -0.1) is 0 Å². The molecular weight excluding hydrogens is 260 g/mol. The van der Waals surface area contributed by atoms with Gasteiger partial charge in [0.25, 0.3) is 0 Å². The smallest absolute Gasteiger partial charge is 0.129 e. The van der Waals surface area contributed by atoms with Crippen LogP contribution >= 0.6 is 0 Å². The third-order valence-electron chi connectivity index (χ3n) is 4.18. The van der Waals surface area contributed by atoms with E-state index in [9.17, 15) is 8.78 Å². The average Bonchev–Trinajstić information content (AvgIpc) is 2.86. The lowest BCUT2D eigenvalue weighted by Gasteiger charge is -2.35. The van der Waals surface area contributed by atoms with E-state index in [0.29, 0.717) is 24.9 Å². The molecule has 0 unspecified atom stereocenters. The van der Waals surface area contributed by atoms with Gasteiger partial charge < -0.3 is 16.0 Å². The Morgan fingerprint density at radius 3 is 3.00 bits per heavy atom. The zero-order chi connectivity index (χ0) is 14.1. The van der Waals surface area contributed by atoms with Crippen LogP contribution in [0.25, 0.3) is 0 Å². The lowest BCUT2D eigenvalue weighted by atomic mass is 9.87. The molecule has 1 aromatic rings. The lowest BCUT2D eigenvalue weighted by Crippen LogP contribution is -2.39. The molecule has 108 valence electrons. The number of nitrogens with zero attached hydrogens (tertiary/aromatic N) is 1. The Morgan fingerprint density at radius 1 is 1.35 bits per heavy atom. The van der Waals surface area contributed by atoms with Crippen LogP contribution in [-0.2, 0) is 12.8 Å². The minimum absolute atomic E-state index is 0.288. The fraction of sp³-hybridized carbons (Fsp3) is 0.467. The Kier molecular flexibility index (Phi) is 3.61. The predicted octanol–water partition coefficient (Wildman–Crippen LogP) is 1.87. The number of benzene rings is 1. The standard InChI is InChI=1S/C15H19F2N3/c16-11-5-10-6-12(1-2-14(10)15(17)7-11)20-9-19-8-13(20)3-4-18/h5,7-8,12,19H,1-4,6,9,18H2/t12-/m0/s1. The summed E-state index contributed by atoms with van der Waals surface area (Å²) in [7, 11) is 0. The van der Waals surface area contributed by atoms with Crippen molar-refractivity contribution < 1.29 is 8.78 Å². The van der Waals surface area contributed by atoms with E-state index in [1.54, 1.807) is 0 Å². The minimum atomic E-state index is -0.487. The van der Waals surface area contributed by atoms with Crippen LogP contribution in [-0.4, -0.2) is 24.2 Å². The molecule has 3 rings (SSSR count). The monoisotopic (exact) mass is 279 g/mol. The molecule has 0 aromatic heterocycles. The number of rotatable bonds is 3. The summed E-state index contributed by atoms with van der Waals surface area (Å²) in [5, 5.41) is 3.21. The average molecular weight is 279 g/mol. The number of nitrogens with one attached hydrogen (secondary N) is 1.